The van der Waals surface area contributed by atoms with Crippen molar-refractivity contribution in [3.05, 3.63) is 179 Å². The van der Waals surface area contributed by atoms with Crippen LogP contribution in [0.1, 0.15) is 47.0 Å². The maximum absolute atomic E-state index is 6.77. The number of benzene rings is 5. The van der Waals surface area contributed by atoms with E-state index in [-0.39, 0.29) is 0 Å². The number of aliphatic imine (C=N–C) groups is 2. The Morgan fingerprint density at radius 2 is 1.26 bits per heavy atom. The van der Waals surface area contributed by atoms with Crippen LogP contribution in [0, 0.1) is 0 Å². The maximum Gasteiger partial charge on any atom is 0.161 e. The molecular weight excluding hydrogens is 576 g/mol. The predicted molar refractivity (Wildman–Crippen MR) is 193 cm³/mol. The summed E-state index contributed by atoms with van der Waals surface area (Å²) in [6.07, 6.45) is 7.63. The van der Waals surface area contributed by atoms with E-state index in [1.807, 2.05) is 66.9 Å². The lowest BCUT2D eigenvalue weighted by Gasteiger charge is -2.32. The van der Waals surface area contributed by atoms with Crippen LogP contribution in [-0.2, 0) is 0 Å². The molecule has 0 fully saturated rings. The second-order valence-corrected chi connectivity index (χ2v) is 11.9. The topological polar surface area (TPSA) is 64.8 Å². The Balaban J connectivity index is 1.24. The lowest BCUT2D eigenvalue weighted by atomic mass is 9.91. The van der Waals surface area contributed by atoms with E-state index in [9.17, 15) is 0 Å². The number of hydrogen-bond donors (Lipinski definition) is 0. The Morgan fingerprint density at radius 1 is 0.638 bits per heavy atom. The number of furan rings is 1. The zero-order chi connectivity index (χ0) is 31.2. The number of hydrogen-bond acceptors (Lipinski definition) is 4. The Morgan fingerprint density at radius 3 is 1.96 bits per heavy atom. The van der Waals surface area contributed by atoms with Crippen molar-refractivity contribution in [3.8, 4) is 0 Å². The van der Waals surface area contributed by atoms with Gasteiger partial charge < -0.3 is 14.7 Å². The smallest absolute Gasteiger partial charge is 0.161 e. The quantitative estimate of drug-likeness (QED) is 0.196. The molecule has 5 aromatic carbocycles. The average molecular weight is 606 g/mol. The average Bonchev–Trinajstić information content (AvgIpc) is 3.53. The van der Waals surface area contributed by atoms with Crippen molar-refractivity contribution in [1.29, 1.82) is 0 Å². The molecule has 9 rings (SSSR count). The monoisotopic (exact) mass is 605 g/mol. The molecule has 2 aromatic heterocycles. The second-order valence-electron chi connectivity index (χ2n) is 11.9. The third-order valence-electron chi connectivity index (χ3n) is 9.03. The molecule has 1 aliphatic heterocycles. The van der Waals surface area contributed by atoms with E-state index in [0.717, 1.165) is 73.5 Å². The Bertz CT molecular complexity index is 2420. The van der Waals surface area contributed by atoms with E-state index in [1.54, 1.807) is 0 Å². The minimum absolute atomic E-state index is 0.556. The molecule has 47 heavy (non-hydrogen) atoms. The molecule has 7 aromatic rings. The van der Waals surface area contributed by atoms with E-state index in [4.69, 9.17) is 24.7 Å². The van der Waals surface area contributed by atoms with E-state index < -0.39 is 6.17 Å². The van der Waals surface area contributed by atoms with Crippen LogP contribution >= 0.6 is 0 Å². The number of fused-ring (bicyclic) bond motifs is 4. The zero-order valence-electron chi connectivity index (χ0n) is 25.5. The summed E-state index contributed by atoms with van der Waals surface area (Å²) in [6, 6.07) is 43.5. The van der Waals surface area contributed by atoms with E-state index in [2.05, 4.69) is 78.9 Å². The normalized spacial score (nSPS) is 16.4. The fourth-order valence-electron chi connectivity index (χ4n) is 6.66. The van der Waals surface area contributed by atoms with Crippen molar-refractivity contribution < 1.29 is 4.42 Å². The van der Waals surface area contributed by atoms with Gasteiger partial charge in [0.05, 0.1) is 12.0 Å². The van der Waals surface area contributed by atoms with Crippen LogP contribution in [0.15, 0.2) is 160 Å². The van der Waals surface area contributed by atoms with Gasteiger partial charge in [0.25, 0.3) is 0 Å². The molecule has 3 heterocycles. The molecule has 0 bridgehead atoms. The van der Waals surface area contributed by atoms with Crippen LogP contribution in [0.2, 0.25) is 0 Å². The number of allylic oxidation sites excluding steroid dienone is 4. The SMILES string of the molecule is C1=C(c2ccccc2)CCC(c2ncc(C3N=C(c4ccccc4)N=C(c4ccccc4)[N-]3)c3c2oc2cc4ccccc4cc23)=C1. The van der Waals surface area contributed by atoms with Crippen LogP contribution in [0.4, 0.5) is 0 Å². The van der Waals surface area contributed by atoms with Crippen LogP contribution < -0.4 is 0 Å². The van der Waals surface area contributed by atoms with Gasteiger partial charge in [0.2, 0.25) is 0 Å². The van der Waals surface area contributed by atoms with Gasteiger partial charge in [0, 0.05) is 22.5 Å². The fraction of sp³-hybridized carbons (Fsp3) is 0.0714. The van der Waals surface area contributed by atoms with Gasteiger partial charge in [-0.05, 0) is 63.6 Å². The van der Waals surface area contributed by atoms with Crippen LogP contribution in [-0.4, -0.2) is 16.7 Å². The highest BCUT2D eigenvalue weighted by Gasteiger charge is 2.24. The van der Waals surface area contributed by atoms with Gasteiger partial charge >= 0.3 is 0 Å². The van der Waals surface area contributed by atoms with Crippen molar-refractivity contribution >= 4 is 55.5 Å². The van der Waals surface area contributed by atoms with Crippen molar-refractivity contribution in [2.75, 3.05) is 0 Å². The maximum atomic E-state index is 6.77. The fourth-order valence-corrected chi connectivity index (χ4v) is 6.66. The molecule has 0 spiro atoms. The molecule has 0 saturated heterocycles. The molecular formula is C42H29N4O-. The molecule has 1 unspecified atom stereocenters. The van der Waals surface area contributed by atoms with E-state index in [1.165, 1.54) is 11.1 Å². The first-order valence-electron chi connectivity index (χ1n) is 16.0. The van der Waals surface area contributed by atoms with Crippen LogP contribution in [0.5, 0.6) is 0 Å². The molecule has 0 N–H and O–H groups in total. The zero-order valence-corrected chi connectivity index (χ0v) is 25.5. The minimum Gasteiger partial charge on any atom is -0.454 e. The minimum atomic E-state index is -0.556. The predicted octanol–water partition coefficient (Wildman–Crippen LogP) is 10.7. The first-order chi connectivity index (χ1) is 23.3. The van der Waals surface area contributed by atoms with Gasteiger partial charge in [-0.25, -0.2) is 0 Å². The van der Waals surface area contributed by atoms with Crippen molar-refractivity contribution in [2.24, 2.45) is 9.98 Å². The molecule has 1 aliphatic carbocycles. The summed E-state index contributed by atoms with van der Waals surface area (Å²) in [5.41, 5.74) is 8.99. The number of pyridine rings is 1. The van der Waals surface area contributed by atoms with Crippen molar-refractivity contribution in [2.45, 2.75) is 19.0 Å². The third-order valence-corrected chi connectivity index (χ3v) is 9.03. The summed E-state index contributed by atoms with van der Waals surface area (Å²) < 4.78 is 6.77. The summed E-state index contributed by atoms with van der Waals surface area (Å²) in [5.74, 6) is 1.29. The summed E-state index contributed by atoms with van der Waals surface area (Å²) in [7, 11) is 0. The largest absolute Gasteiger partial charge is 0.454 e. The molecule has 5 heteroatoms. The van der Waals surface area contributed by atoms with Gasteiger partial charge in [-0.15, -0.1) is 0 Å². The van der Waals surface area contributed by atoms with Gasteiger partial charge in [-0.1, -0.05) is 133 Å². The molecule has 1 atom stereocenters. The molecule has 0 amide bonds. The summed E-state index contributed by atoms with van der Waals surface area (Å²) >= 11 is 0. The highest BCUT2D eigenvalue weighted by atomic mass is 16.3. The third kappa shape index (κ3) is 4.93. The Labute approximate surface area is 272 Å². The standard InChI is InChI=1S/C42H29N4O/c1-4-12-27(13-5-1)28-20-22-29(23-21-28)38-39-37(34-24-32-18-10-11-19-33(32)25-36(34)47-39)35(26-43-38)42-45-40(30-14-6-2-7-15-30)44-41(46-42)31-16-8-3-9-17-31/h1-20,22,24-26,42H,21,23H2/q-1. The van der Waals surface area contributed by atoms with Crippen LogP contribution in [0.3, 0.4) is 0 Å². The van der Waals surface area contributed by atoms with E-state index >= 15 is 0 Å². The molecule has 0 radical (unpaired) electrons. The number of amidine groups is 2. The number of aromatic nitrogens is 1. The van der Waals surface area contributed by atoms with E-state index in [0.29, 0.717) is 11.7 Å². The first-order valence-corrected chi connectivity index (χ1v) is 16.0. The van der Waals surface area contributed by atoms with Crippen LogP contribution in [0.25, 0.3) is 49.2 Å². The number of nitrogens with zero attached hydrogens (tertiary/aromatic N) is 4. The highest BCUT2D eigenvalue weighted by Crippen LogP contribution is 2.43. The lowest BCUT2D eigenvalue weighted by molar-refractivity contribution is 0.664. The van der Waals surface area contributed by atoms with Crippen molar-refractivity contribution in [1.82, 2.24) is 4.98 Å². The first kappa shape index (κ1) is 27.3. The lowest BCUT2D eigenvalue weighted by Crippen LogP contribution is -2.16. The van der Waals surface area contributed by atoms with Gasteiger partial charge in [0.15, 0.2) is 5.58 Å². The van der Waals surface area contributed by atoms with Gasteiger partial charge in [-0.2, -0.15) is 0 Å². The molecule has 2 aliphatic rings. The highest BCUT2D eigenvalue weighted by molar-refractivity contribution is 6.20. The number of rotatable bonds is 5. The summed E-state index contributed by atoms with van der Waals surface area (Å²) in [5, 5.41) is 9.45. The Kier molecular flexibility index (Phi) is 6.60. The summed E-state index contributed by atoms with van der Waals surface area (Å²) in [6.45, 7) is 0. The van der Waals surface area contributed by atoms with Gasteiger partial charge in [0.1, 0.15) is 11.3 Å². The molecule has 5 nitrogen and oxygen atoms in total. The molecule has 224 valence electrons. The van der Waals surface area contributed by atoms with Gasteiger partial charge in [-0.3, -0.25) is 9.98 Å². The Hall–Kier alpha value is -6.07. The molecule has 0 saturated carbocycles. The summed E-state index contributed by atoms with van der Waals surface area (Å²) in [4.78, 5) is 15.2. The van der Waals surface area contributed by atoms with Crippen molar-refractivity contribution in [3.63, 3.8) is 0 Å². The second kappa shape index (κ2) is 11.4.